The van der Waals surface area contributed by atoms with Gasteiger partial charge in [-0.05, 0) is 52.9 Å². The van der Waals surface area contributed by atoms with E-state index in [1.165, 1.54) is 10.8 Å². The van der Waals surface area contributed by atoms with Crippen LogP contribution in [0.25, 0.3) is 16.3 Å². The molecule has 1 heterocycles. The zero-order chi connectivity index (χ0) is 20.4. The van der Waals surface area contributed by atoms with Crippen LogP contribution in [0.3, 0.4) is 0 Å². The number of ether oxygens (including phenoxy) is 1. The highest BCUT2D eigenvalue weighted by molar-refractivity contribution is 5.86. The summed E-state index contributed by atoms with van der Waals surface area (Å²) in [5, 5.41) is 6.00. The van der Waals surface area contributed by atoms with Gasteiger partial charge >= 0.3 is 0 Å². The molecule has 154 valence electrons. The number of para-hydroxylation sites is 1. The molecule has 1 unspecified atom stereocenters. The van der Waals surface area contributed by atoms with Crippen LogP contribution in [0.5, 0.6) is 0 Å². The van der Waals surface area contributed by atoms with Crippen molar-refractivity contribution < 1.29 is 14.5 Å². The van der Waals surface area contributed by atoms with Gasteiger partial charge in [-0.15, -0.1) is 0 Å². The number of benzene rings is 3. The van der Waals surface area contributed by atoms with E-state index >= 15 is 0 Å². The molecule has 0 radical (unpaired) electrons. The van der Waals surface area contributed by atoms with Crippen molar-refractivity contribution in [3.63, 3.8) is 0 Å². The van der Waals surface area contributed by atoms with Gasteiger partial charge in [-0.25, -0.2) is 9.78 Å². The largest absolute Gasteiger partial charge is 0.382 e. The van der Waals surface area contributed by atoms with Gasteiger partial charge in [-0.3, -0.25) is 0 Å². The van der Waals surface area contributed by atoms with E-state index in [4.69, 9.17) is 14.5 Å². The van der Waals surface area contributed by atoms with Crippen molar-refractivity contribution in [3.05, 3.63) is 84.9 Å². The smallest absolute Gasteiger partial charge is 0.201 e. The fourth-order valence-corrected chi connectivity index (χ4v) is 4.36. The van der Waals surface area contributed by atoms with Crippen LogP contribution >= 0.6 is 0 Å². The fourth-order valence-electron chi connectivity index (χ4n) is 4.36. The summed E-state index contributed by atoms with van der Waals surface area (Å²) in [7, 11) is 0. The van der Waals surface area contributed by atoms with Crippen molar-refractivity contribution in [2.45, 2.75) is 43.6 Å². The van der Waals surface area contributed by atoms with Crippen molar-refractivity contribution in [2.24, 2.45) is 0 Å². The predicted octanol–water partition coefficient (Wildman–Crippen LogP) is 5.95. The van der Waals surface area contributed by atoms with Gasteiger partial charge in [0.25, 0.3) is 0 Å². The highest BCUT2D eigenvalue weighted by atomic mass is 17.2. The molecule has 1 saturated carbocycles. The lowest BCUT2D eigenvalue weighted by Gasteiger charge is -2.43. The first-order valence-electron chi connectivity index (χ1n) is 10.7. The second-order valence-electron chi connectivity index (χ2n) is 8.26. The van der Waals surface area contributed by atoms with Crippen LogP contribution in [0.4, 0.5) is 5.69 Å². The third kappa shape index (κ3) is 3.99. The van der Waals surface area contributed by atoms with Gasteiger partial charge in [0.05, 0.1) is 6.61 Å². The van der Waals surface area contributed by atoms with Gasteiger partial charge in [-0.2, -0.15) is 0 Å². The lowest BCUT2D eigenvalue weighted by molar-refractivity contribution is -0.483. The van der Waals surface area contributed by atoms with Gasteiger partial charge in [0.1, 0.15) is 6.10 Å². The second kappa shape index (κ2) is 8.23. The maximum Gasteiger partial charge on any atom is 0.201 e. The molecule has 1 spiro atoms. The van der Waals surface area contributed by atoms with Gasteiger partial charge in [0.2, 0.25) is 5.79 Å². The molecule has 0 bridgehead atoms. The lowest BCUT2D eigenvalue weighted by atomic mass is 9.89. The Labute approximate surface area is 177 Å². The molecular weight excluding hydrogens is 374 g/mol. The van der Waals surface area contributed by atoms with Crippen LogP contribution in [-0.2, 0) is 14.5 Å². The summed E-state index contributed by atoms with van der Waals surface area (Å²) >= 11 is 0. The summed E-state index contributed by atoms with van der Waals surface area (Å²) in [6.45, 7) is 4.71. The summed E-state index contributed by atoms with van der Waals surface area (Å²) in [5.41, 5.74) is 3.10. The molecule has 4 nitrogen and oxygen atoms in total. The first-order chi connectivity index (χ1) is 14.7. The van der Waals surface area contributed by atoms with E-state index in [1.807, 2.05) is 18.2 Å². The van der Waals surface area contributed by atoms with E-state index in [0.29, 0.717) is 12.6 Å². The van der Waals surface area contributed by atoms with Crippen molar-refractivity contribution in [1.82, 2.24) is 0 Å². The molecular formula is C26H27NO3. The summed E-state index contributed by atoms with van der Waals surface area (Å²) in [6.07, 6.45) is 3.29. The maximum absolute atomic E-state index is 6.21. The average molecular weight is 402 g/mol. The van der Waals surface area contributed by atoms with Gasteiger partial charge in [-0.1, -0.05) is 61.2 Å². The molecule has 1 aliphatic heterocycles. The molecule has 2 fully saturated rings. The van der Waals surface area contributed by atoms with E-state index < -0.39 is 5.79 Å². The maximum atomic E-state index is 6.21. The fraction of sp³-hybridized carbons (Fsp3) is 0.308. The number of nitrogens with one attached hydrogen (secondary N) is 1. The summed E-state index contributed by atoms with van der Waals surface area (Å²) in [4.78, 5) is 11.6. The highest BCUT2D eigenvalue weighted by Gasteiger charge is 2.43. The zero-order valence-electron chi connectivity index (χ0n) is 17.1. The highest BCUT2D eigenvalue weighted by Crippen LogP contribution is 2.38. The SMILES string of the molecule is C=C(c1ccc2ccccc2c1)C1COC2(CCC(Nc3ccccc3)CC2)OO1. The summed E-state index contributed by atoms with van der Waals surface area (Å²) in [6, 6.07) is 25.4. The quantitative estimate of drug-likeness (QED) is 0.548. The third-order valence-corrected chi connectivity index (χ3v) is 6.21. The molecule has 3 aromatic carbocycles. The van der Waals surface area contributed by atoms with Crippen LogP contribution in [0.15, 0.2) is 79.4 Å². The Hall–Kier alpha value is -2.66. The first kappa shape index (κ1) is 19.3. The standard InChI is InChI=1S/C26H27NO3/c1-19(21-12-11-20-7-5-6-8-22(20)17-21)25-18-28-26(30-29-25)15-13-24(14-16-26)27-23-9-3-2-4-10-23/h2-12,17,24-25,27H,1,13-16,18H2. The molecule has 3 aromatic rings. The lowest BCUT2D eigenvalue weighted by Crippen LogP contribution is -2.49. The number of hydrogen-bond acceptors (Lipinski definition) is 4. The number of fused-ring (bicyclic) bond motifs is 1. The Morgan fingerprint density at radius 2 is 1.63 bits per heavy atom. The molecule has 1 atom stereocenters. The first-order valence-corrected chi connectivity index (χ1v) is 10.7. The van der Waals surface area contributed by atoms with Crippen LogP contribution in [0, 0.1) is 0 Å². The van der Waals surface area contributed by atoms with Crippen LogP contribution in [0.2, 0.25) is 0 Å². The van der Waals surface area contributed by atoms with E-state index in [0.717, 1.165) is 42.5 Å². The molecule has 1 saturated heterocycles. The Kier molecular flexibility index (Phi) is 5.30. The molecule has 4 heteroatoms. The minimum atomic E-state index is -0.630. The Morgan fingerprint density at radius 3 is 2.37 bits per heavy atom. The monoisotopic (exact) mass is 401 g/mol. The van der Waals surface area contributed by atoms with Gasteiger partial charge in [0, 0.05) is 24.6 Å². The van der Waals surface area contributed by atoms with E-state index in [9.17, 15) is 0 Å². The molecule has 0 amide bonds. The molecule has 30 heavy (non-hydrogen) atoms. The third-order valence-electron chi connectivity index (χ3n) is 6.21. The molecule has 5 rings (SSSR count). The van der Waals surface area contributed by atoms with Crippen LogP contribution < -0.4 is 5.32 Å². The average Bonchev–Trinajstić information content (AvgIpc) is 2.81. The molecule has 1 N–H and O–H groups in total. The van der Waals surface area contributed by atoms with Crippen molar-refractivity contribution in [1.29, 1.82) is 0 Å². The van der Waals surface area contributed by atoms with E-state index in [2.05, 4.69) is 66.5 Å². The van der Waals surface area contributed by atoms with Crippen LogP contribution in [0.1, 0.15) is 31.2 Å². The minimum Gasteiger partial charge on any atom is -0.382 e. The van der Waals surface area contributed by atoms with E-state index in [1.54, 1.807) is 0 Å². The van der Waals surface area contributed by atoms with Gasteiger partial charge < -0.3 is 10.1 Å². The van der Waals surface area contributed by atoms with Crippen molar-refractivity contribution >= 4 is 22.0 Å². The molecule has 2 aliphatic rings. The Balaban J connectivity index is 1.17. The van der Waals surface area contributed by atoms with Gasteiger partial charge in [0.15, 0.2) is 0 Å². The van der Waals surface area contributed by atoms with Crippen LogP contribution in [-0.4, -0.2) is 24.5 Å². The minimum absolute atomic E-state index is 0.294. The van der Waals surface area contributed by atoms with Crippen molar-refractivity contribution in [2.75, 3.05) is 11.9 Å². The van der Waals surface area contributed by atoms with Crippen molar-refractivity contribution in [3.8, 4) is 0 Å². The Bertz CT molecular complexity index is 1010. The predicted molar refractivity (Wildman–Crippen MR) is 120 cm³/mol. The molecule has 0 aromatic heterocycles. The number of rotatable bonds is 4. The summed E-state index contributed by atoms with van der Waals surface area (Å²) < 4.78 is 6.21. The normalized spacial score (nSPS) is 26.5. The molecule has 1 aliphatic carbocycles. The summed E-state index contributed by atoms with van der Waals surface area (Å²) in [5.74, 6) is -0.630. The number of anilines is 1. The topological polar surface area (TPSA) is 39.7 Å². The zero-order valence-corrected chi connectivity index (χ0v) is 17.1. The Morgan fingerprint density at radius 1 is 0.900 bits per heavy atom. The second-order valence-corrected chi connectivity index (χ2v) is 8.26. The number of hydrogen-bond donors (Lipinski definition) is 1. The van der Waals surface area contributed by atoms with E-state index in [-0.39, 0.29) is 6.10 Å².